The summed E-state index contributed by atoms with van der Waals surface area (Å²) in [6.07, 6.45) is 1.63. The van der Waals surface area contributed by atoms with E-state index in [9.17, 15) is 17.6 Å². The second-order valence-electron chi connectivity index (χ2n) is 5.76. The summed E-state index contributed by atoms with van der Waals surface area (Å²) in [7, 11) is -3.21. The predicted molar refractivity (Wildman–Crippen MR) is 87.0 cm³/mol. The number of sulfonamides is 1. The number of nitrogens with zero attached hydrogens (tertiary/aromatic N) is 2. The van der Waals surface area contributed by atoms with Gasteiger partial charge in [0.25, 0.3) is 0 Å². The second-order valence-corrected chi connectivity index (χ2v) is 7.84. The van der Waals surface area contributed by atoms with Gasteiger partial charge < -0.3 is 4.90 Å². The highest BCUT2D eigenvalue weighted by Crippen LogP contribution is 2.12. The van der Waals surface area contributed by atoms with E-state index in [0.29, 0.717) is 38.2 Å². The lowest BCUT2D eigenvalue weighted by atomic mass is 10.1. The maximum Gasteiger partial charge on any atom is 0.227 e. The Balaban J connectivity index is 1.87. The number of piperazine rings is 1. The zero-order valence-corrected chi connectivity index (χ0v) is 14.2. The van der Waals surface area contributed by atoms with Gasteiger partial charge in [0.05, 0.1) is 12.2 Å². The van der Waals surface area contributed by atoms with Gasteiger partial charge in [-0.05, 0) is 24.1 Å². The fourth-order valence-corrected chi connectivity index (χ4v) is 4.24. The first kappa shape index (κ1) is 17.9. The van der Waals surface area contributed by atoms with Crippen molar-refractivity contribution in [2.45, 2.75) is 26.2 Å². The highest BCUT2D eigenvalue weighted by molar-refractivity contribution is 7.89. The maximum atomic E-state index is 13.1. The van der Waals surface area contributed by atoms with Gasteiger partial charge in [-0.3, -0.25) is 4.79 Å². The lowest BCUT2D eigenvalue weighted by Crippen LogP contribution is -2.51. The van der Waals surface area contributed by atoms with Crippen molar-refractivity contribution in [3.8, 4) is 0 Å². The topological polar surface area (TPSA) is 57.7 Å². The highest BCUT2D eigenvalue weighted by Gasteiger charge is 2.28. The van der Waals surface area contributed by atoms with Crippen LogP contribution in [0.3, 0.4) is 0 Å². The number of carbonyl (C=O) groups is 1. The number of benzene rings is 1. The average molecular weight is 342 g/mol. The van der Waals surface area contributed by atoms with Gasteiger partial charge in [-0.15, -0.1) is 0 Å². The molecule has 1 saturated heterocycles. The van der Waals surface area contributed by atoms with Gasteiger partial charge in [0, 0.05) is 26.2 Å². The van der Waals surface area contributed by atoms with Gasteiger partial charge in [-0.25, -0.2) is 12.8 Å². The van der Waals surface area contributed by atoms with Crippen molar-refractivity contribution in [3.05, 3.63) is 35.6 Å². The molecule has 23 heavy (non-hydrogen) atoms. The first-order valence-electron chi connectivity index (χ1n) is 7.92. The molecular weight excluding hydrogens is 319 g/mol. The molecule has 128 valence electrons. The Kier molecular flexibility index (Phi) is 6.12. The maximum absolute atomic E-state index is 13.1. The first-order valence-corrected chi connectivity index (χ1v) is 9.53. The summed E-state index contributed by atoms with van der Waals surface area (Å²) < 4.78 is 38.9. The van der Waals surface area contributed by atoms with Crippen LogP contribution in [-0.2, 0) is 21.2 Å². The molecule has 0 aromatic heterocycles. The molecule has 1 fully saturated rings. The molecule has 1 heterocycles. The summed E-state index contributed by atoms with van der Waals surface area (Å²) in [5.74, 6) is -0.288. The van der Waals surface area contributed by atoms with Crippen molar-refractivity contribution in [1.82, 2.24) is 9.21 Å². The summed E-state index contributed by atoms with van der Waals surface area (Å²) in [5.41, 5.74) is 0.632. The van der Waals surface area contributed by atoms with E-state index in [4.69, 9.17) is 0 Å². The number of hydrogen-bond acceptors (Lipinski definition) is 3. The van der Waals surface area contributed by atoms with Crippen LogP contribution in [0.4, 0.5) is 4.39 Å². The summed E-state index contributed by atoms with van der Waals surface area (Å²) in [4.78, 5) is 13.9. The van der Waals surface area contributed by atoms with Crippen LogP contribution >= 0.6 is 0 Å². The summed E-state index contributed by atoms with van der Waals surface area (Å²) in [5, 5.41) is 0. The van der Waals surface area contributed by atoms with Crippen LogP contribution in [0.2, 0.25) is 0 Å². The van der Waals surface area contributed by atoms with E-state index < -0.39 is 10.0 Å². The molecule has 0 N–H and O–H groups in total. The van der Waals surface area contributed by atoms with E-state index in [1.807, 2.05) is 6.92 Å². The van der Waals surface area contributed by atoms with Crippen LogP contribution in [0.1, 0.15) is 25.3 Å². The van der Waals surface area contributed by atoms with Crippen molar-refractivity contribution in [1.29, 1.82) is 0 Å². The summed E-state index contributed by atoms with van der Waals surface area (Å²) >= 11 is 0. The van der Waals surface area contributed by atoms with Gasteiger partial charge in [0.15, 0.2) is 0 Å². The second kappa shape index (κ2) is 7.88. The van der Waals surface area contributed by atoms with Crippen molar-refractivity contribution in [3.63, 3.8) is 0 Å². The Hall–Kier alpha value is -1.47. The third-order valence-corrected chi connectivity index (χ3v) is 5.94. The summed E-state index contributed by atoms with van der Waals surface area (Å²) in [6, 6.07) is 5.99. The highest BCUT2D eigenvalue weighted by atomic mass is 32.2. The number of amides is 1. The monoisotopic (exact) mass is 342 g/mol. The lowest BCUT2D eigenvalue weighted by Gasteiger charge is -2.34. The predicted octanol–water partition coefficient (Wildman–Crippen LogP) is 1.64. The Morgan fingerprint density at radius 3 is 2.52 bits per heavy atom. The Morgan fingerprint density at radius 1 is 1.22 bits per heavy atom. The molecule has 2 rings (SSSR count). The Bertz CT molecular complexity index is 640. The molecule has 7 heteroatoms. The third-order valence-electron chi connectivity index (χ3n) is 3.98. The number of hydrogen-bond donors (Lipinski definition) is 0. The van der Waals surface area contributed by atoms with Gasteiger partial charge in [0.1, 0.15) is 5.82 Å². The van der Waals surface area contributed by atoms with Crippen molar-refractivity contribution in [2.75, 3.05) is 31.9 Å². The molecule has 1 aromatic rings. The van der Waals surface area contributed by atoms with E-state index in [0.717, 1.165) is 6.42 Å². The minimum absolute atomic E-state index is 0.0961. The van der Waals surface area contributed by atoms with Gasteiger partial charge >= 0.3 is 0 Å². The zero-order chi connectivity index (χ0) is 16.9. The quantitative estimate of drug-likeness (QED) is 0.790. The molecule has 1 amide bonds. The van der Waals surface area contributed by atoms with Gasteiger partial charge in [0.2, 0.25) is 15.9 Å². The van der Waals surface area contributed by atoms with E-state index >= 15 is 0 Å². The van der Waals surface area contributed by atoms with Crippen LogP contribution < -0.4 is 0 Å². The van der Waals surface area contributed by atoms with Crippen molar-refractivity contribution >= 4 is 15.9 Å². The first-order chi connectivity index (χ1) is 10.9. The molecule has 0 aliphatic carbocycles. The lowest BCUT2D eigenvalue weighted by molar-refractivity contribution is -0.131. The minimum Gasteiger partial charge on any atom is -0.340 e. The number of rotatable bonds is 6. The number of carbonyl (C=O) groups excluding carboxylic acids is 1. The molecule has 0 radical (unpaired) electrons. The van der Waals surface area contributed by atoms with E-state index in [1.165, 1.54) is 16.4 Å². The van der Waals surface area contributed by atoms with Crippen LogP contribution in [0, 0.1) is 5.82 Å². The molecule has 0 saturated carbocycles. The molecule has 0 atom stereocenters. The normalized spacial score (nSPS) is 16.5. The van der Waals surface area contributed by atoms with E-state index in [-0.39, 0.29) is 23.9 Å². The molecular formula is C16H23FN2O3S. The van der Waals surface area contributed by atoms with Crippen LogP contribution in [-0.4, -0.2) is 55.5 Å². The van der Waals surface area contributed by atoms with Crippen molar-refractivity contribution < 1.29 is 17.6 Å². The SMILES string of the molecule is CCCCS(=O)(=O)N1CCN(C(=O)Cc2cccc(F)c2)CC1. The molecule has 1 aliphatic rings. The summed E-state index contributed by atoms with van der Waals surface area (Å²) in [6.45, 7) is 3.40. The number of unbranched alkanes of at least 4 members (excludes halogenated alkanes) is 1. The fourth-order valence-electron chi connectivity index (χ4n) is 2.60. The minimum atomic E-state index is -3.21. The van der Waals surface area contributed by atoms with Crippen LogP contribution in [0.25, 0.3) is 0 Å². The number of halogens is 1. The van der Waals surface area contributed by atoms with Gasteiger partial charge in [-0.2, -0.15) is 4.31 Å². The third kappa shape index (κ3) is 5.00. The molecule has 1 aromatic carbocycles. The van der Waals surface area contributed by atoms with Crippen LogP contribution in [0.5, 0.6) is 0 Å². The fraction of sp³-hybridized carbons (Fsp3) is 0.562. The average Bonchev–Trinajstić information content (AvgIpc) is 2.53. The zero-order valence-electron chi connectivity index (χ0n) is 13.4. The molecule has 0 unspecified atom stereocenters. The molecule has 1 aliphatic heterocycles. The smallest absolute Gasteiger partial charge is 0.227 e. The largest absolute Gasteiger partial charge is 0.340 e. The Labute approximate surface area is 137 Å². The van der Waals surface area contributed by atoms with Gasteiger partial charge in [-0.1, -0.05) is 25.5 Å². The molecule has 5 nitrogen and oxygen atoms in total. The standard InChI is InChI=1S/C16H23FN2O3S/c1-2-3-11-23(21,22)19-9-7-18(8-10-19)16(20)13-14-5-4-6-15(17)12-14/h4-6,12H,2-3,7-11,13H2,1H3. The van der Waals surface area contributed by atoms with Crippen molar-refractivity contribution in [2.24, 2.45) is 0 Å². The molecule has 0 spiro atoms. The van der Waals surface area contributed by atoms with E-state index in [1.54, 1.807) is 17.0 Å². The van der Waals surface area contributed by atoms with Crippen LogP contribution in [0.15, 0.2) is 24.3 Å². The Morgan fingerprint density at radius 2 is 1.91 bits per heavy atom. The van der Waals surface area contributed by atoms with E-state index in [2.05, 4.69) is 0 Å². The molecule has 0 bridgehead atoms.